The summed E-state index contributed by atoms with van der Waals surface area (Å²) in [5, 5.41) is 5.55. The van der Waals surface area contributed by atoms with E-state index >= 15 is 0 Å². The van der Waals surface area contributed by atoms with Gasteiger partial charge in [-0.25, -0.2) is 0 Å². The van der Waals surface area contributed by atoms with Gasteiger partial charge in [0.2, 0.25) is 0 Å². The molecule has 0 saturated heterocycles. The van der Waals surface area contributed by atoms with Crippen LogP contribution in [0.5, 0.6) is 0 Å². The number of nitrogens with zero attached hydrogens (tertiary/aromatic N) is 1. The lowest BCUT2D eigenvalue weighted by atomic mass is 10.3. The Hall–Kier alpha value is -0.210. The number of alkyl halides is 3. The lowest BCUT2D eigenvalue weighted by Crippen LogP contribution is -2.39. The largest absolute Gasteiger partial charge is 0.390 e. The first-order valence-corrected chi connectivity index (χ1v) is 5.58. The van der Waals surface area contributed by atoms with E-state index in [0.717, 1.165) is 12.8 Å². The Morgan fingerprint density at radius 1 is 1.18 bits per heavy atom. The maximum Gasteiger partial charge on any atom is 0.390 e. The van der Waals surface area contributed by atoms with Crippen LogP contribution >= 0.6 is 24.0 Å². The molecule has 0 spiro atoms. The first-order valence-electron chi connectivity index (χ1n) is 5.58. The van der Waals surface area contributed by atoms with Crippen LogP contribution < -0.4 is 10.6 Å². The highest BCUT2D eigenvalue weighted by atomic mass is 127. The molecule has 0 amide bonds. The average molecular weight is 367 g/mol. The van der Waals surface area contributed by atoms with Crippen LogP contribution in [0.1, 0.15) is 33.1 Å². The van der Waals surface area contributed by atoms with Gasteiger partial charge in [0.15, 0.2) is 5.96 Å². The lowest BCUT2D eigenvalue weighted by molar-refractivity contribution is -0.132. The molecule has 0 unspecified atom stereocenters. The second-order valence-electron chi connectivity index (χ2n) is 3.41. The molecule has 0 radical (unpaired) electrons. The van der Waals surface area contributed by atoms with Crippen LogP contribution in [-0.4, -0.2) is 31.8 Å². The van der Waals surface area contributed by atoms with Gasteiger partial charge in [0.25, 0.3) is 0 Å². The summed E-state index contributed by atoms with van der Waals surface area (Å²) in [6.07, 6.45) is -3.00. The zero-order valence-electron chi connectivity index (χ0n) is 10.2. The third-order valence-electron chi connectivity index (χ3n) is 1.83. The standard InChI is InChI=1S/C10H20F3N3.HI/c1-3-5-7-15-9(14-4-2)16-8-6-10(11,12)13;/h3-8H2,1-2H3,(H2,14,15,16);1H. The SMILES string of the molecule is CCCCN=C(NCC)NCCC(F)(F)F.I. The van der Waals surface area contributed by atoms with Crippen molar-refractivity contribution in [1.29, 1.82) is 0 Å². The van der Waals surface area contributed by atoms with E-state index in [1.54, 1.807) is 0 Å². The highest BCUT2D eigenvalue weighted by Gasteiger charge is 2.26. The lowest BCUT2D eigenvalue weighted by Gasteiger charge is -2.12. The van der Waals surface area contributed by atoms with Crippen molar-refractivity contribution in [3.8, 4) is 0 Å². The minimum Gasteiger partial charge on any atom is -0.357 e. The molecule has 0 rings (SSSR count). The predicted molar refractivity (Wildman–Crippen MR) is 75.0 cm³/mol. The number of guanidine groups is 1. The Morgan fingerprint density at radius 2 is 1.82 bits per heavy atom. The minimum absolute atomic E-state index is 0. The van der Waals surface area contributed by atoms with E-state index in [4.69, 9.17) is 0 Å². The molecule has 0 aliphatic heterocycles. The van der Waals surface area contributed by atoms with Crippen molar-refractivity contribution >= 4 is 29.9 Å². The predicted octanol–water partition coefficient (Wildman–Crippen LogP) is 2.91. The van der Waals surface area contributed by atoms with E-state index in [9.17, 15) is 13.2 Å². The Kier molecular flexibility index (Phi) is 12.3. The molecule has 104 valence electrons. The summed E-state index contributed by atoms with van der Waals surface area (Å²) in [6.45, 7) is 5.06. The van der Waals surface area contributed by atoms with Crippen LogP contribution in [0.25, 0.3) is 0 Å². The molecule has 0 heterocycles. The van der Waals surface area contributed by atoms with Gasteiger partial charge < -0.3 is 10.6 Å². The fraction of sp³-hybridized carbons (Fsp3) is 0.900. The Bertz CT molecular complexity index is 207. The van der Waals surface area contributed by atoms with Crippen LogP contribution in [0.2, 0.25) is 0 Å². The van der Waals surface area contributed by atoms with Crippen LogP contribution in [0.4, 0.5) is 13.2 Å². The Morgan fingerprint density at radius 3 is 2.29 bits per heavy atom. The Balaban J connectivity index is 0. The van der Waals surface area contributed by atoms with E-state index < -0.39 is 12.6 Å². The van der Waals surface area contributed by atoms with E-state index in [2.05, 4.69) is 15.6 Å². The zero-order valence-corrected chi connectivity index (χ0v) is 12.6. The van der Waals surface area contributed by atoms with Gasteiger partial charge in [-0.2, -0.15) is 13.2 Å². The molecule has 2 N–H and O–H groups in total. The van der Waals surface area contributed by atoms with Crippen LogP contribution in [0, 0.1) is 0 Å². The van der Waals surface area contributed by atoms with E-state index in [1.807, 2.05) is 13.8 Å². The number of unbranched alkanes of at least 4 members (excludes halogenated alkanes) is 1. The monoisotopic (exact) mass is 367 g/mol. The molecule has 0 aromatic rings. The molecule has 0 fully saturated rings. The number of rotatable bonds is 6. The zero-order chi connectivity index (χ0) is 12.4. The number of halogens is 4. The fourth-order valence-electron chi connectivity index (χ4n) is 1.01. The summed E-state index contributed by atoms with van der Waals surface area (Å²) in [5.41, 5.74) is 0. The summed E-state index contributed by atoms with van der Waals surface area (Å²) < 4.78 is 35.7. The third kappa shape index (κ3) is 13.7. The molecule has 17 heavy (non-hydrogen) atoms. The number of aliphatic imine (C=N–C) groups is 1. The van der Waals surface area contributed by atoms with Gasteiger partial charge in [0, 0.05) is 19.6 Å². The van der Waals surface area contributed by atoms with Crippen molar-refractivity contribution in [3.05, 3.63) is 0 Å². The maximum atomic E-state index is 11.9. The second-order valence-corrected chi connectivity index (χ2v) is 3.41. The molecule has 0 saturated carbocycles. The number of hydrogen-bond donors (Lipinski definition) is 2. The van der Waals surface area contributed by atoms with E-state index in [1.165, 1.54) is 0 Å². The number of hydrogen-bond acceptors (Lipinski definition) is 1. The van der Waals surface area contributed by atoms with Gasteiger partial charge in [0.1, 0.15) is 0 Å². The van der Waals surface area contributed by atoms with Crippen LogP contribution in [0.15, 0.2) is 4.99 Å². The molecule has 7 heteroatoms. The summed E-state index contributed by atoms with van der Waals surface area (Å²) in [5.74, 6) is 0.459. The summed E-state index contributed by atoms with van der Waals surface area (Å²) in [6, 6.07) is 0. The molecule has 0 aliphatic rings. The fourth-order valence-corrected chi connectivity index (χ4v) is 1.01. The van der Waals surface area contributed by atoms with Gasteiger partial charge >= 0.3 is 6.18 Å². The summed E-state index contributed by atoms with van der Waals surface area (Å²) in [7, 11) is 0. The third-order valence-corrected chi connectivity index (χ3v) is 1.83. The molecule has 0 aromatic heterocycles. The molecule has 0 atom stereocenters. The quantitative estimate of drug-likeness (QED) is 0.328. The second kappa shape index (κ2) is 10.9. The van der Waals surface area contributed by atoms with Gasteiger partial charge in [-0.3, -0.25) is 4.99 Å². The Labute approximate surface area is 118 Å². The van der Waals surface area contributed by atoms with Crippen molar-refractivity contribution in [2.75, 3.05) is 19.6 Å². The van der Waals surface area contributed by atoms with Crippen molar-refractivity contribution < 1.29 is 13.2 Å². The maximum absolute atomic E-state index is 11.9. The minimum atomic E-state index is -4.12. The molecule has 0 aliphatic carbocycles. The molecule has 3 nitrogen and oxygen atoms in total. The smallest absolute Gasteiger partial charge is 0.357 e. The van der Waals surface area contributed by atoms with Gasteiger partial charge in [-0.1, -0.05) is 13.3 Å². The summed E-state index contributed by atoms with van der Waals surface area (Å²) in [4.78, 5) is 4.15. The van der Waals surface area contributed by atoms with E-state index in [-0.39, 0.29) is 30.5 Å². The average Bonchev–Trinajstić information content (AvgIpc) is 2.16. The van der Waals surface area contributed by atoms with Gasteiger partial charge in [-0.05, 0) is 13.3 Å². The van der Waals surface area contributed by atoms with Crippen LogP contribution in [0.3, 0.4) is 0 Å². The van der Waals surface area contributed by atoms with Crippen molar-refractivity contribution in [2.24, 2.45) is 4.99 Å². The summed E-state index contributed by atoms with van der Waals surface area (Å²) >= 11 is 0. The molecule has 0 aromatic carbocycles. The molecular formula is C10H21F3IN3. The number of nitrogens with one attached hydrogen (secondary N) is 2. The van der Waals surface area contributed by atoms with Crippen LogP contribution in [-0.2, 0) is 0 Å². The van der Waals surface area contributed by atoms with E-state index in [0.29, 0.717) is 19.0 Å². The first-order chi connectivity index (χ1) is 7.49. The van der Waals surface area contributed by atoms with Gasteiger partial charge in [-0.15, -0.1) is 24.0 Å². The van der Waals surface area contributed by atoms with Crippen molar-refractivity contribution in [2.45, 2.75) is 39.3 Å². The highest BCUT2D eigenvalue weighted by molar-refractivity contribution is 14.0. The normalized spacial score (nSPS) is 11.9. The van der Waals surface area contributed by atoms with Gasteiger partial charge in [0.05, 0.1) is 6.42 Å². The van der Waals surface area contributed by atoms with Crippen molar-refractivity contribution in [3.63, 3.8) is 0 Å². The highest BCUT2D eigenvalue weighted by Crippen LogP contribution is 2.17. The molecule has 0 bridgehead atoms. The molecular weight excluding hydrogens is 346 g/mol. The first kappa shape index (κ1) is 19.1. The van der Waals surface area contributed by atoms with Crippen molar-refractivity contribution in [1.82, 2.24) is 10.6 Å². The topological polar surface area (TPSA) is 36.4 Å².